The van der Waals surface area contributed by atoms with E-state index in [9.17, 15) is 14.7 Å². The third-order valence-corrected chi connectivity index (χ3v) is 5.78. The molecule has 0 radical (unpaired) electrons. The maximum atomic E-state index is 13.0. The maximum absolute atomic E-state index is 13.0. The first-order valence-electron chi connectivity index (χ1n) is 9.53. The highest BCUT2D eigenvalue weighted by Crippen LogP contribution is 2.36. The van der Waals surface area contributed by atoms with Crippen LogP contribution in [0, 0.1) is 6.92 Å². The zero-order valence-corrected chi connectivity index (χ0v) is 16.5. The number of esters is 1. The van der Waals surface area contributed by atoms with Gasteiger partial charge in [-0.25, -0.2) is 9.78 Å². The van der Waals surface area contributed by atoms with Crippen LogP contribution >= 0.6 is 0 Å². The highest BCUT2D eigenvalue weighted by molar-refractivity contribution is 5.88. The van der Waals surface area contributed by atoms with Crippen LogP contribution in [-0.2, 0) is 29.2 Å². The van der Waals surface area contributed by atoms with E-state index in [2.05, 4.69) is 24.0 Å². The number of ether oxygens (including phenoxy) is 1. The van der Waals surface area contributed by atoms with Crippen molar-refractivity contribution in [1.29, 1.82) is 0 Å². The maximum Gasteiger partial charge on any atom is 0.340 e. The summed E-state index contributed by atoms with van der Waals surface area (Å²) in [6.45, 7) is 3.20. The minimum atomic E-state index is -1.43. The first-order chi connectivity index (χ1) is 13.8. The van der Waals surface area contributed by atoms with Gasteiger partial charge < -0.3 is 19.3 Å². The van der Waals surface area contributed by atoms with Gasteiger partial charge in [-0.05, 0) is 50.3 Å². The van der Waals surface area contributed by atoms with Gasteiger partial charge in [0.15, 0.2) is 6.10 Å². The second kappa shape index (κ2) is 6.23. The van der Waals surface area contributed by atoms with Crippen molar-refractivity contribution >= 4 is 16.9 Å². The van der Waals surface area contributed by atoms with E-state index >= 15 is 0 Å². The van der Waals surface area contributed by atoms with Gasteiger partial charge in [-0.2, -0.15) is 0 Å². The zero-order valence-electron chi connectivity index (χ0n) is 16.5. The lowest BCUT2D eigenvalue weighted by atomic mass is 9.98. The first-order valence-corrected chi connectivity index (χ1v) is 9.53. The summed E-state index contributed by atoms with van der Waals surface area (Å²) in [6.07, 6.45) is -1.43. The van der Waals surface area contributed by atoms with Crippen LogP contribution in [0.4, 0.5) is 0 Å². The molecule has 0 bridgehead atoms. The van der Waals surface area contributed by atoms with Crippen LogP contribution < -0.4 is 5.56 Å². The lowest BCUT2D eigenvalue weighted by Gasteiger charge is -2.21. The average Bonchev–Trinajstić information content (AvgIpc) is 3.04. The van der Waals surface area contributed by atoms with E-state index in [0.29, 0.717) is 23.4 Å². The summed E-state index contributed by atoms with van der Waals surface area (Å²) < 4.78 is 6.59. The molecule has 1 unspecified atom stereocenters. The number of benzene rings is 1. The molecule has 3 aromatic rings. The summed E-state index contributed by atoms with van der Waals surface area (Å²) in [5.41, 5.74) is 6.03. The predicted octanol–water partition coefficient (Wildman–Crippen LogP) is 1.89. The molecule has 0 amide bonds. The zero-order chi connectivity index (χ0) is 20.4. The molecule has 2 aliphatic rings. The SMILES string of the molecule is Cc1ccc2nc3c(cc2c1CN(C)C)Cn1c-3cc2c(c1=O)COC(=O)C2O. The van der Waals surface area contributed by atoms with Crippen molar-refractivity contribution in [3.05, 3.63) is 62.4 Å². The van der Waals surface area contributed by atoms with Gasteiger partial charge in [-0.3, -0.25) is 4.79 Å². The molecule has 2 aromatic heterocycles. The van der Waals surface area contributed by atoms with Gasteiger partial charge in [0.25, 0.3) is 5.56 Å². The number of carbonyl (C=O) groups is 1. The van der Waals surface area contributed by atoms with E-state index in [0.717, 1.165) is 28.7 Å². The van der Waals surface area contributed by atoms with Crippen molar-refractivity contribution in [3.63, 3.8) is 0 Å². The summed E-state index contributed by atoms with van der Waals surface area (Å²) in [5, 5.41) is 11.3. The number of cyclic esters (lactones) is 1. The summed E-state index contributed by atoms with van der Waals surface area (Å²) >= 11 is 0. The Morgan fingerprint density at radius 1 is 1.28 bits per heavy atom. The van der Waals surface area contributed by atoms with Gasteiger partial charge in [0.2, 0.25) is 0 Å². The largest absolute Gasteiger partial charge is 0.458 e. The van der Waals surface area contributed by atoms with Crippen molar-refractivity contribution in [2.24, 2.45) is 0 Å². The normalized spacial score (nSPS) is 17.3. The molecular weight excluding hydrogens is 370 g/mol. The van der Waals surface area contributed by atoms with Crippen molar-refractivity contribution in [2.45, 2.75) is 32.7 Å². The minimum Gasteiger partial charge on any atom is -0.458 e. The molecule has 2 aliphatic heterocycles. The number of aryl methyl sites for hydroxylation is 1. The number of nitrogens with zero attached hydrogens (tertiary/aromatic N) is 3. The Morgan fingerprint density at radius 3 is 2.83 bits per heavy atom. The number of aliphatic hydroxyl groups excluding tert-OH is 1. The van der Waals surface area contributed by atoms with E-state index in [1.165, 1.54) is 11.1 Å². The molecule has 1 aromatic carbocycles. The lowest BCUT2D eigenvalue weighted by Crippen LogP contribution is -2.32. The Bertz CT molecular complexity index is 1260. The van der Waals surface area contributed by atoms with Crippen LogP contribution in [0.1, 0.15) is 33.9 Å². The van der Waals surface area contributed by atoms with Gasteiger partial charge >= 0.3 is 5.97 Å². The molecule has 0 saturated carbocycles. The number of fused-ring (bicyclic) bond motifs is 5. The van der Waals surface area contributed by atoms with Gasteiger partial charge in [0.05, 0.1) is 29.0 Å². The molecule has 148 valence electrons. The van der Waals surface area contributed by atoms with Gasteiger partial charge in [0.1, 0.15) is 6.61 Å². The molecule has 0 fully saturated rings. The van der Waals surface area contributed by atoms with E-state index in [-0.39, 0.29) is 12.2 Å². The third-order valence-electron chi connectivity index (χ3n) is 5.78. The molecule has 0 spiro atoms. The standard InChI is InChI=1S/C22H21N3O4/c1-11-4-5-17-13(15(11)9-24(2)3)6-12-8-25-18(19(12)23-17)7-14-16(21(25)27)10-29-22(28)20(14)26/h4-7,20,26H,8-10H2,1-3H3. The van der Waals surface area contributed by atoms with Gasteiger partial charge in [-0.15, -0.1) is 0 Å². The predicted molar refractivity (Wildman–Crippen MR) is 107 cm³/mol. The summed E-state index contributed by atoms with van der Waals surface area (Å²) in [5.74, 6) is -0.727. The summed E-state index contributed by atoms with van der Waals surface area (Å²) in [4.78, 5) is 31.7. The fraction of sp³-hybridized carbons (Fsp3) is 0.318. The number of aliphatic hydroxyl groups is 1. The van der Waals surface area contributed by atoms with Crippen LogP contribution in [0.3, 0.4) is 0 Å². The van der Waals surface area contributed by atoms with E-state index in [4.69, 9.17) is 9.72 Å². The summed E-state index contributed by atoms with van der Waals surface area (Å²) in [7, 11) is 4.07. The Hall–Kier alpha value is -3.03. The number of hydrogen-bond donors (Lipinski definition) is 1. The quantitative estimate of drug-likeness (QED) is 0.525. The molecule has 0 aliphatic carbocycles. The first kappa shape index (κ1) is 18.0. The second-order valence-electron chi connectivity index (χ2n) is 8.03. The van der Waals surface area contributed by atoms with E-state index in [1.807, 2.05) is 20.2 Å². The van der Waals surface area contributed by atoms with Crippen molar-refractivity contribution < 1.29 is 14.6 Å². The molecule has 1 N–H and O–H groups in total. The summed E-state index contributed by atoms with van der Waals surface area (Å²) in [6, 6.07) is 7.89. The van der Waals surface area contributed by atoms with Crippen molar-refractivity contribution in [1.82, 2.24) is 14.5 Å². The smallest absolute Gasteiger partial charge is 0.340 e. The van der Waals surface area contributed by atoms with Crippen LogP contribution in [0.5, 0.6) is 0 Å². The molecule has 0 saturated heterocycles. The van der Waals surface area contributed by atoms with Crippen molar-refractivity contribution in [3.8, 4) is 11.4 Å². The third kappa shape index (κ3) is 2.62. The Balaban J connectivity index is 1.73. The Morgan fingerprint density at radius 2 is 2.07 bits per heavy atom. The molecule has 5 rings (SSSR count). The number of pyridine rings is 2. The number of hydrogen-bond acceptors (Lipinski definition) is 6. The van der Waals surface area contributed by atoms with E-state index in [1.54, 1.807) is 10.6 Å². The van der Waals surface area contributed by atoms with Crippen molar-refractivity contribution in [2.75, 3.05) is 14.1 Å². The molecule has 4 heterocycles. The van der Waals surface area contributed by atoms with Gasteiger partial charge in [0, 0.05) is 23.1 Å². The topological polar surface area (TPSA) is 84.7 Å². The second-order valence-corrected chi connectivity index (χ2v) is 8.03. The number of rotatable bonds is 2. The van der Waals surface area contributed by atoms with Crippen LogP contribution in [0.25, 0.3) is 22.3 Å². The lowest BCUT2D eigenvalue weighted by molar-refractivity contribution is -0.157. The highest BCUT2D eigenvalue weighted by Gasteiger charge is 2.33. The Kier molecular flexibility index (Phi) is 3.88. The number of aromatic nitrogens is 2. The monoisotopic (exact) mass is 391 g/mol. The number of carbonyl (C=O) groups excluding carboxylic acids is 1. The molecule has 29 heavy (non-hydrogen) atoms. The average molecular weight is 391 g/mol. The van der Waals surface area contributed by atoms with Gasteiger partial charge in [-0.1, -0.05) is 6.07 Å². The fourth-order valence-corrected chi connectivity index (χ4v) is 4.29. The molecule has 7 nitrogen and oxygen atoms in total. The van der Waals surface area contributed by atoms with Crippen LogP contribution in [0.15, 0.2) is 29.1 Å². The van der Waals surface area contributed by atoms with Crippen LogP contribution in [-0.4, -0.2) is 39.6 Å². The van der Waals surface area contributed by atoms with E-state index < -0.39 is 12.1 Å². The molecule has 1 atom stereocenters. The fourth-order valence-electron chi connectivity index (χ4n) is 4.29. The minimum absolute atomic E-state index is 0.109. The molecular formula is C22H21N3O4. The Labute approximate surface area is 167 Å². The molecule has 7 heteroatoms. The highest BCUT2D eigenvalue weighted by atomic mass is 16.5. The van der Waals surface area contributed by atoms with Crippen LogP contribution in [0.2, 0.25) is 0 Å².